The van der Waals surface area contributed by atoms with Gasteiger partial charge in [0.05, 0.1) is 24.4 Å². The topological polar surface area (TPSA) is 67.4 Å². The van der Waals surface area contributed by atoms with E-state index in [0.29, 0.717) is 23.6 Å². The van der Waals surface area contributed by atoms with Crippen molar-refractivity contribution in [1.29, 1.82) is 0 Å². The maximum Gasteiger partial charge on any atom is 0.255 e. The van der Waals surface area contributed by atoms with E-state index in [1.165, 1.54) is 0 Å². The van der Waals surface area contributed by atoms with Gasteiger partial charge in [0, 0.05) is 4.47 Å². The van der Waals surface area contributed by atoms with Crippen LogP contribution in [0.1, 0.15) is 17.3 Å². The molecule has 3 aromatic carbocycles. The summed E-state index contributed by atoms with van der Waals surface area (Å²) < 4.78 is 6.39. The predicted molar refractivity (Wildman–Crippen MR) is 110 cm³/mol. The lowest BCUT2D eigenvalue weighted by Gasteiger charge is -2.13. The Hall–Kier alpha value is -2.86. The van der Waals surface area contributed by atoms with Gasteiger partial charge in [-0.05, 0) is 57.9 Å². The van der Waals surface area contributed by atoms with Crippen molar-refractivity contribution in [3.8, 4) is 5.75 Å². The summed E-state index contributed by atoms with van der Waals surface area (Å²) in [5, 5.41) is 7.33. The van der Waals surface area contributed by atoms with Crippen LogP contribution in [0.25, 0.3) is 10.8 Å². The van der Waals surface area contributed by atoms with Gasteiger partial charge in [0.1, 0.15) is 5.75 Å². The number of para-hydroxylation sites is 1. The van der Waals surface area contributed by atoms with Crippen molar-refractivity contribution < 1.29 is 14.3 Å². The minimum atomic E-state index is -0.355. The van der Waals surface area contributed by atoms with Gasteiger partial charge >= 0.3 is 0 Å². The number of rotatable bonds is 6. The number of benzene rings is 3. The Kier molecular flexibility index (Phi) is 6.08. The lowest BCUT2D eigenvalue weighted by atomic mass is 10.1. The largest absolute Gasteiger partial charge is 0.493 e. The molecule has 0 radical (unpaired) electrons. The maximum atomic E-state index is 12.6. The smallest absolute Gasteiger partial charge is 0.255 e. The molecule has 0 saturated heterocycles. The Morgan fingerprint density at radius 3 is 2.37 bits per heavy atom. The Balaban J connectivity index is 1.72. The molecule has 0 heterocycles. The molecule has 5 nitrogen and oxygen atoms in total. The normalized spacial score (nSPS) is 10.4. The zero-order chi connectivity index (χ0) is 19.2. The molecule has 27 heavy (non-hydrogen) atoms. The van der Waals surface area contributed by atoms with E-state index in [9.17, 15) is 9.59 Å². The molecule has 3 rings (SSSR count). The van der Waals surface area contributed by atoms with E-state index < -0.39 is 0 Å². The summed E-state index contributed by atoms with van der Waals surface area (Å²) in [5.74, 6) is -0.166. The molecule has 2 N–H and O–H groups in total. The molecule has 0 unspecified atom stereocenters. The second-order valence-corrected chi connectivity index (χ2v) is 6.69. The first-order valence-corrected chi connectivity index (χ1v) is 9.36. The Labute approximate surface area is 165 Å². The van der Waals surface area contributed by atoms with Gasteiger partial charge in [0.2, 0.25) is 5.91 Å². The lowest BCUT2D eigenvalue weighted by Crippen LogP contribution is -2.33. The number of nitrogens with one attached hydrogen (secondary N) is 2. The van der Waals surface area contributed by atoms with Gasteiger partial charge in [-0.15, -0.1) is 0 Å². The first-order valence-electron chi connectivity index (χ1n) is 8.56. The highest BCUT2D eigenvalue weighted by atomic mass is 79.9. The average molecular weight is 427 g/mol. The van der Waals surface area contributed by atoms with Crippen molar-refractivity contribution in [2.45, 2.75) is 6.92 Å². The summed E-state index contributed by atoms with van der Waals surface area (Å²) in [6.07, 6.45) is 0. The average Bonchev–Trinajstić information content (AvgIpc) is 2.67. The fourth-order valence-electron chi connectivity index (χ4n) is 2.68. The van der Waals surface area contributed by atoms with Crippen molar-refractivity contribution in [2.24, 2.45) is 0 Å². The minimum Gasteiger partial charge on any atom is -0.493 e. The fourth-order valence-corrected chi connectivity index (χ4v) is 3.07. The molecule has 6 heteroatoms. The Morgan fingerprint density at radius 1 is 1.00 bits per heavy atom. The first kappa shape index (κ1) is 18.9. The molecule has 0 bridgehead atoms. The quantitative estimate of drug-likeness (QED) is 0.614. The van der Waals surface area contributed by atoms with Crippen LogP contribution in [-0.2, 0) is 4.79 Å². The molecule has 138 valence electrons. The monoisotopic (exact) mass is 426 g/mol. The van der Waals surface area contributed by atoms with E-state index in [0.717, 1.165) is 15.2 Å². The number of carbonyl (C=O) groups is 2. The van der Waals surface area contributed by atoms with Crippen LogP contribution in [0.4, 0.5) is 5.69 Å². The van der Waals surface area contributed by atoms with Crippen LogP contribution in [0.15, 0.2) is 65.1 Å². The lowest BCUT2D eigenvalue weighted by molar-refractivity contribution is -0.115. The van der Waals surface area contributed by atoms with E-state index in [4.69, 9.17) is 4.74 Å². The first-order chi connectivity index (χ1) is 13.1. The van der Waals surface area contributed by atoms with Crippen LogP contribution in [0.5, 0.6) is 5.75 Å². The molecule has 0 aliphatic rings. The van der Waals surface area contributed by atoms with Gasteiger partial charge in [-0.2, -0.15) is 0 Å². The van der Waals surface area contributed by atoms with Gasteiger partial charge in [0.15, 0.2) is 0 Å². The zero-order valence-electron chi connectivity index (χ0n) is 14.8. The summed E-state index contributed by atoms with van der Waals surface area (Å²) in [6.45, 7) is 2.17. The SMILES string of the molecule is CCOc1cc2ccccc2cc1C(=O)NCC(=O)Nc1ccccc1Br. The number of ether oxygens (including phenoxy) is 1. The molecule has 3 aromatic rings. The van der Waals surface area contributed by atoms with Crippen molar-refractivity contribution in [1.82, 2.24) is 5.32 Å². The van der Waals surface area contributed by atoms with Crippen LogP contribution < -0.4 is 15.4 Å². The van der Waals surface area contributed by atoms with Crippen LogP contribution in [-0.4, -0.2) is 25.0 Å². The van der Waals surface area contributed by atoms with Crippen molar-refractivity contribution in [3.63, 3.8) is 0 Å². The molecule has 0 saturated carbocycles. The van der Waals surface area contributed by atoms with Crippen molar-refractivity contribution in [3.05, 3.63) is 70.7 Å². The van der Waals surface area contributed by atoms with Crippen LogP contribution in [0.2, 0.25) is 0 Å². The number of amides is 2. The van der Waals surface area contributed by atoms with E-state index in [2.05, 4.69) is 26.6 Å². The highest BCUT2D eigenvalue weighted by Gasteiger charge is 2.15. The molecular formula is C21H19BrN2O3. The third-order valence-electron chi connectivity index (χ3n) is 3.95. The summed E-state index contributed by atoms with van der Waals surface area (Å²) in [6, 6.07) is 18.7. The Bertz CT molecular complexity index is 988. The number of hydrogen-bond donors (Lipinski definition) is 2. The summed E-state index contributed by atoms with van der Waals surface area (Å²) in [4.78, 5) is 24.8. The Morgan fingerprint density at radius 2 is 1.67 bits per heavy atom. The summed E-state index contributed by atoms with van der Waals surface area (Å²) in [5.41, 5.74) is 1.06. The number of hydrogen-bond acceptors (Lipinski definition) is 3. The van der Waals surface area contributed by atoms with E-state index in [1.807, 2.05) is 55.5 Å². The zero-order valence-corrected chi connectivity index (χ0v) is 16.4. The fraction of sp³-hybridized carbons (Fsp3) is 0.143. The highest BCUT2D eigenvalue weighted by molar-refractivity contribution is 9.10. The van der Waals surface area contributed by atoms with Crippen LogP contribution >= 0.6 is 15.9 Å². The van der Waals surface area contributed by atoms with Gasteiger partial charge in [-0.1, -0.05) is 36.4 Å². The molecule has 0 aliphatic heterocycles. The van der Waals surface area contributed by atoms with E-state index >= 15 is 0 Å². The van der Waals surface area contributed by atoms with Crippen LogP contribution in [0, 0.1) is 0 Å². The van der Waals surface area contributed by atoms with E-state index in [-0.39, 0.29) is 18.4 Å². The van der Waals surface area contributed by atoms with Gasteiger partial charge in [-0.3, -0.25) is 9.59 Å². The van der Waals surface area contributed by atoms with Gasteiger partial charge in [0.25, 0.3) is 5.91 Å². The summed E-state index contributed by atoms with van der Waals surface area (Å²) >= 11 is 3.37. The van der Waals surface area contributed by atoms with Gasteiger partial charge in [-0.25, -0.2) is 0 Å². The number of halogens is 1. The molecule has 0 atom stereocenters. The number of anilines is 1. The van der Waals surface area contributed by atoms with Crippen LogP contribution in [0.3, 0.4) is 0 Å². The standard InChI is InChI=1S/C21H19BrN2O3/c1-2-27-19-12-15-8-4-3-7-14(15)11-16(19)21(26)23-13-20(25)24-18-10-6-5-9-17(18)22/h3-12H,2,13H2,1H3,(H,23,26)(H,24,25). The number of fused-ring (bicyclic) bond motifs is 1. The number of carbonyl (C=O) groups excluding carboxylic acids is 2. The molecule has 0 aliphatic carbocycles. The second kappa shape index (κ2) is 8.68. The molecule has 0 aromatic heterocycles. The highest BCUT2D eigenvalue weighted by Crippen LogP contribution is 2.26. The third kappa shape index (κ3) is 4.65. The molecule has 2 amide bonds. The minimum absolute atomic E-state index is 0.140. The van der Waals surface area contributed by atoms with E-state index in [1.54, 1.807) is 12.1 Å². The van der Waals surface area contributed by atoms with Crippen molar-refractivity contribution in [2.75, 3.05) is 18.5 Å². The molecule has 0 fully saturated rings. The maximum absolute atomic E-state index is 12.6. The van der Waals surface area contributed by atoms with Crippen molar-refractivity contribution >= 4 is 44.2 Å². The van der Waals surface area contributed by atoms with Gasteiger partial charge < -0.3 is 15.4 Å². The molecular weight excluding hydrogens is 408 g/mol. The predicted octanol–water partition coefficient (Wildman–Crippen LogP) is 4.37. The molecule has 0 spiro atoms. The second-order valence-electron chi connectivity index (χ2n) is 5.84. The summed E-state index contributed by atoms with van der Waals surface area (Å²) in [7, 11) is 0. The third-order valence-corrected chi connectivity index (χ3v) is 4.64.